The average Bonchev–Trinajstić information content (AvgIpc) is 2.77. The van der Waals surface area contributed by atoms with Crippen molar-refractivity contribution < 1.29 is 14.2 Å². The number of nitrogens with one attached hydrogen (secondary N) is 1. The molecule has 1 N–H and O–H groups in total. The van der Waals surface area contributed by atoms with Gasteiger partial charge in [0.05, 0.1) is 18.8 Å². The van der Waals surface area contributed by atoms with Crippen LogP contribution in [-0.4, -0.2) is 32.5 Å². The fourth-order valence-electron chi connectivity index (χ4n) is 2.59. The van der Waals surface area contributed by atoms with E-state index >= 15 is 0 Å². The van der Waals surface area contributed by atoms with Crippen LogP contribution in [0.15, 0.2) is 18.2 Å². The summed E-state index contributed by atoms with van der Waals surface area (Å²) in [5.41, 5.74) is 1.08. The van der Waals surface area contributed by atoms with E-state index in [1.807, 2.05) is 25.2 Å². The highest BCUT2D eigenvalue weighted by molar-refractivity contribution is 5.46. The van der Waals surface area contributed by atoms with Gasteiger partial charge in [-0.2, -0.15) is 0 Å². The van der Waals surface area contributed by atoms with Gasteiger partial charge in [0.25, 0.3) is 0 Å². The summed E-state index contributed by atoms with van der Waals surface area (Å²) in [6.45, 7) is 5.58. The zero-order valence-corrected chi connectivity index (χ0v) is 12.9. The van der Waals surface area contributed by atoms with Crippen LogP contribution in [0.2, 0.25) is 0 Å². The van der Waals surface area contributed by atoms with Gasteiger partial charge in [0.1, 0.15) is 6.61 Å². The number of hydrogen-bond donors (Lipinski definition) is 1. The van der Waals surface area contributed by atoms with Crippen LogP contribution in [0.4, 0.5) is 0 Å². The molecule has 0 spiro atoms. The Kier molecular flexibility index (Phi) is 4.89. The van der Waals surface area contributed by atoms with Crippen LogP contribution >= 0.6 is 0 Å². The first-order valence-corrected chi connectivity index (χ1v) is 7.17. The van der Waals surface area contributed by atoms with Gasteiger partial charge in [0, 0.05) is 12.1 Å². The van der Waals surface area contributed by atoms with Crippen LogP contribution in [-0.2, 0) is 11.3 Å². The number of ether oxygens (including phenoxy) is 3. The first-order chi connectivity index (χ1) is 9.55. The van der Waals surface area contributed by atoms with Crippen molar-refractivity contribution in [2.45, 2.75) is 44.9 Å². The van der Waals surface area contributed by atoms with Crippen LogP contribution in [0.25, 0.3) is 0 Å². The zero-order chi connectivity index (χ0) is 14.6. The molecule has 1 aromatic carbocycles. The van der Waals surface area contributed by atoms with Crippen molar-refractivity contribution in [1.82, 2.24) is 5.32 Å². The molecule has 1 aromatic rings. The van der Waals surface area contributed by atoms with E-state index in [1.165, 1.54) is 0 Å². The third-order valence-corrected chi connectivity index (χ3v) is 3.62. The molecular weight excluding hydrogens is 254 g/mol. The molecule has 20 heavy (non-hydrogen) atoms. The molecule has 1 unspecified atom stereocenters. The smallest absolute Gasteiger partial charge is 0.165 e. The van der Waals surface area contributed by atoms with Gasteiger partial charge in [0.2, 0.25) is 0 Å². The fraction of sp³-hybridized carbons (Fsp3) is 0.625. The molecule has 0 aliphatic carbocycles. The van der Waals surface area contributed by atoms with Crippen molar-refractivity contribution in [2.24, 2.45) is 0 Å². The summed E-state index contributed by atoms with van der Waals surface area (Å²) < 4.78 is 17.4. The molecule has 2 rings (SSSR count). The number of rotatable bonds is 6. The van der Waals surface area contributed by atoms with Gasteiger partial charge in [-0.1, -0.05) is 12.1 Å². The average molecular weight is 279 g/mol. The molecule has 0 aromatic heterocycles. The normalized spacial score (nSPS) is 20.9. The Morgan fingerprint density at radius 2 is 2.20 bits per heavy atom. The molecule has 1 fully saturated rings. The van der Waals surface area contributed by atoms with Gasteiger partial charge >= 0.3 is 0 Å². The Morgan fingerprint density at radius 1 is 1.40 bits per heavy atom. The Balaban J connectivity index is 2.04. The minimum atomic E-state index is -0.0252. The fourth-order valence-corrected chi connectivity index (χ4v) is 2.59. The van der Waals surface area contributed by atoms with E-state index in [9.17, 15) is 0 Å². The molecule has 0 bridgehead atoms. The SMILES string of the molecule is CNCc1cccc(OC)c1OCC1CCC(C)(C)O1. The lowest BCUT2D eigenvalue weighted by Crippen LogP contribution is -2.24. The van der Waals surface area contributed by atoms with E-state index in [4.69, 9.17) is 14.2 Å². The molecule has 0 amide bonds. The second kappa shape index (κ2) is 6.46. The lowest BCUT2D eigenvalue weighted by molar-refractivity contribution is -0.0330. The molecule has 1 heterocycles. The first-order valence-electron chi connectivity index (χ1n) is 7.17. The number of methoxy groups -OCH3 is 1. The Bertz CT molecular complexity index is 445. The van der Waals surface area contributed by atoms with E-state index in [0.717, 1.165) is 36.4 Å². The minimum absolute atomic E-state index is 0.0252. The van der Waals surface area contributed by atoms with Crippen LogP contribution in [0.1, 0.15) is 32.3 Å². The van der Waals surface area contributed by atoms with E-state index in [2.05, 4.69) is 19.2 Å². The molecule has 1 atom stereocenters. The van der Waals surface area contributed by atoms with E-state index < -0.39 is 0 Å². The predicted octanol–water partition coefficient (Wildman–Crippen LogP) is 2.75. The van der Waals surface area contributed by atoms with Gasteiger partial charge in [-0.15, -0.1) is 0 Å². The van der Waals surface area contributed by atoms with E-state index in [-0.39, 0.29) is 11.7 Å². The maximum Gasteiger partial charge on any atom is 0.165 e. The van der Waals surface area contributed by atoms with Gasteiger partial charge < -0.3 is 19.5 Å². The summed E-state index contributed by atoms with van der Waals surface area (Å²) in [6.07, 6.45) is 2.29. The molecule has 0 saturated carbocycles. The molecule has 1 aliphatic heterocycles. The molecule has 4 heteroatoms. The first kappa shape index (κ1) is 15.1. The number of hydrogen-bond acceptors (Lipinski definition) is 4. The Hall–Kier alpha value is -1.26. The van der Waals surface area contributed by atoms with Crippen molar-refractivity contribution in [1.29, 1.82) is 0 Å². The molecule has 4 nitrogen and oxygen atoms in total. The van der Waals surface area contributed by atoms with E-state index in [1.54, 1.807) is 7.11 Å². The third kappa shape index (κ3) is 3.64. The van der Waals surface area contributed by atoms with E-state index in [0.29, 0.717) is 6.61 Å². The molecule has 0 radical (unpaired) electrons. The van der Waals surface area contributed by atoms with Crippen molar-refractivity contribution in [3.63, 3.8) is 0 Å². The van der Waals surface area contributed by atoms with Crippen molar-refractivity contribution >= 4 is 0 Å². The summed E-state index contributed by atoms with van der Waals surface area (Å²) >= 11 is 0. The van der Waals surface area contributed by atoms with Crippen LogP contribution in [0.3, 0.4) is 0 Å². The highest BCUT2D eigenvalue weighted by Gasteiger charge is 2.32. The van der Waals surface area contributed by atoms with Crippen LogP contribution in [0, 0.1) is 0 Å². The molecule has 1 aliphatic rings. The number of para-hydroxylation sites is 1. The maximum atomic E-state index is 6.00. The highest BCUT2D eigenvalue weighted by Crippen LogP contribution is 2.33. The standard InChI is InChI=1S/C16H25NO3/c1-16(2)9-8-13(20-16)11-19-15-12(10-17-3)6-5-7-14(15)18-4/h5-7,13,17H,8-11H2,1-4H3. The largest absolute Gasteiger partial charge is 0.493 e. The molecule has 112 valence electrons. The lowest BCUT2D eigenvalue weighted by atomic mass is 10.1. The lowest BCUT2D eigenvalue weighted by Gasteiger charge is -2.21. The second-order valence-corrected chi connectivity index (χ2v) is 5.83. The zero-order valence-electron chi connectivity index (χ0n) is 12.9. The summed E-state index contributed by atoms with van der Waals surface area (Å²) in [6, 6.07) is 5.95. The summed E-state index contributed by atoms with van der Waals surface area (Å²) in [5, 5.41) is 3.15. The highest BCUT2D eigenvalue weighted by atomic mass is 16.6. The van der Waals surface area contributed by atoms with Gasteiger partial charge in [-0.05, 0) is 39.8 Å². The van der Waals surface area contributed by atoms with Crippen molar-refractivity contribution in [2.75, 3.05) is 20.8 Å². The summed E-state index contributed by atoms with van der Waals surface area (Å²) in [4.78, 5) is 0. The predicted molar refractivity (Wildman–Crippen MR) is 79.4 cm³/mol. The number of benzene rings is 1. The Morgan fingerprint density at radius 3 is 2.80 bits per heavy atom. The minimum Gasteiger partial charge on any atom is -0.493 e. The Labute approximate surface area is 121 Å². The third-order valence-electron chi connectivity index (χ3n) is 3.62. The van der Waals surface area contributed by atoms with Crippen molar-refractivity contribution in [3.8, 4) is 11.5 Å². The summed E-state index contributed by atoms with van der Waals surface area (Å²) in [7, 11) is 3.59. The monoisotopic (exact) mass is 279 g/mol. The molecule has 1 saturated heterocycles. The van der Waals surface area contributed by atoms with Crippen molar-refractivity contribution in [3.05, 3.63) is 23.8 Å². The van der Waals surface area contributed by atoms with Crippen LogP contribution < -0.4 is 14.8 Å². The molecular formula is C16H25NO3. The van der Waals surface area contributed by atoms with Gasteiger partial charge in [0.15, 0.2) is 11.5 Å². The van der Waals surface area contributed by atoms with Gasteiger partial charge in [-0.25, -0.2) is 0 Å². The summed E-state index contributed by atoms with van der Waals surface area (Å²) in [5.74, 6) is 1.59. The van der Waals surface area contributed by atoms with Gasteiger partial charge in [-0.3, -0.25) is 0 Å². The second-order valence-electron chi connectivity index (χ2n) is 5.83. The topological polar surface area (TPSA) is 39.7 Å². The quantitative estimate of drug-likeness (QED) is 0.869. The van der Waals surface area contributed by atoms with Crippen LogP contribution in [0.5, 0.6) is 11.5 Å². The maximum absolute atomic E-state index is 6.00.